The molecule has 5 rings (SSSR count). The van der Waals surface area contributed by atoms with Crippen LogP contribution in [-0.2, 0) is 13.1 Å². The Hall–Kier alpha value is -3.37. The summed E-state index contributed by atoms with van der Waals surface area (Å²) >= 11 is 6.09. The maximum Gasteiger partial charge on any atom is 0.278 e. The fourth-order valence-corrected chi connectivity index (χ4v) is 3.96. The molecule has 2 heterocycles. The van der Waals surface area contributed by atoms with E-state index in [1.54, 1.807) is 0 Å². The highest BCUT2D eigenvalue weighted by Gasteiger charge is 2.20. The lowest BCUT2D eigenvalue weighted by atomic mass is 10.1. The van der Waals surface area contributed by atoms with E-state index in [0.717, 1.165) is 22.2 Å². The van der Waals surface area contributed by atoms with E-state index in [-0.39, 0.29) is 5.56 Å². The quantitative estimate of drug-likeness (QED) is 0.424. The molecular weight excluding hydrogens is 382 g/mol. The third-order valence-electron chi connectivity index (χ3n) is 5.11. The fraction of sp³-hybridized carbons (Fsp3) is 0.0833. The van der Waals surface area contributed by atoms with Crippen molar-refractivity contribution in [2.75, 3.05) is 0 Å². The lowest BCUT2D eigenvalue weighted by Crippen LogP contribution is -2.17. The van der Waals surface area contributed by atoms with E-state index < -0.39 is 0 Å². The Morgan fingerprint density at radius 2 is 1.59 bits per heavy atom. The molecule has 2 aliphatic heterocycles. The van der Waals surface area contributed by atoms with Gasteiger partial charge in [0, 0.05) is 23.2 Å². The molecule has 0 saturated carbocycles. The molecule has 3 aromatic carbocycles. The van der Waals surface area contributed by atoms with E-state index in [2.05, 4.69) is 27.9 Å². The predicted octanol–water partition coefficient (Wildman–Crippen LogP) is 5.05. The first-order valence-electron chi connectivity index (χ1n) is 9.46. The molecular formula is C24H18ClN3O. The number of hydrogen-bond acceptors (Lipinski definition) is 2. The molecule has 0 N–H and O–H groups in total. The third-order valence-corrected chi connectivity index (χ3v) is 5.35. The predicted molar refractivity (Wildman–Crippen MR) is 117 cm³/mol. The van der Waals surface area contributed by atoms with Gasteiger partial charge in [0.05, 0.1) is 17.6 Å². The van der Waals surface area contributed by atoms with Crippen LogP contribution >= 0.6 is 11.6 Å². The van der Waals surface area contributed by atoms with Gasteiger partial charge in [-0.1, -0.05) is 72.3 Å². The average molecular weight is 400 g/mol. The molecule has 0 radical (unpaired) electrons. The van der Waals surface area contributed by atoms with Crippen molar-refractivity contribution in [3.8, 4) is 11.3 Å². The first-order valence-corrected chi connectivity index (χ1v) is 9.84. The van der Waals surface area contributed by atoms with E-state index in [9.17, 15) is 4.79 Å². The summed E-state index contributed by atoms with van der Waals surface area (Å²) in [6.45, 7) is 1.08. The SMILES string of the molecule is O=c1c2cn(Cc3ccccc3)c3ccccc3c-2nn1Cc1cccc(Cl)c1. The van der Waals surface area contributed by atoms with Crippen molar-refractivity contribution >= 4 is 22.5 Å². The van der Waals surface area contributed by atoms with Crippen LogP contribution in [0.2, 0.25) is 5.02 Å². The zero-order valence-electron chi connectivity index (χ0n) is 15.6. The van der Waals surface area contributed by atoms with Gasteiger partial charge in [-0.2, -0.15) is 5.10 Å². The average Bonchev–Trinajstić information content (AvgIpc) is 3.05. The number of pyridine rings is 1. The molecule has 2 aliphatic rings. The summed E-state index contributed by atoms with van der Waals surface area (Å²) in [5.41, 5.74) is 4.45. The normalized spacial score (nSPS) is 11.3. The fourth-order valence-electron chi connectivity index (χ4n) is 3.75. The molecule has 142 valence electrons. The molecule has 3 aromatic rings. The Labute approximate surface area is 172 Å². The van der Waals surface area contributed by atoms with Gasteiger partial charge in [-0.15, -0.1) is 0 Å². The number of rotatable bonds is 4. The van der Waals surface area contributed by atoms with Crippen molar-refractivity contribution in [3.63, 3.8) is 0 Å². The molecule has 0 atom stereocenters. The van der Waals surface area contributed by atoms with Crippen LogP contribution in [0.1, 0.15) is 11.1 Å². The molecule has 0 aliphatic carbocycles. The molecule has 0 fully saturated rings. The van der Waals surface area contributed by atoms with E-state index >= 15 is 0 Å². The minimum atomic E-state index is -0.0902. The van der Waals surface area contributed by atoms with E-state index in [1.165, 1.54) is 10.2 Å². The molecule has 0 bridgehead atoms. The van der Waals surface area contributed by atoms with Gasteiger partial charge >= 0.3 is 0 Å². The number of fused-ring (bicyclic) bond motifs is 3. The lowest BCUT2D eigenvalue weighted by Gasteiger charge is -2.13. The van der Waals surface area contributed by atoms with Gasteiger partial charge in [0.1, 0.15) is 5.69 Å². The number of nitrogens with zero attached hydrogens (tertiary/aromatic N) is 3. The van der Waals surface area contributed by atoms with Crippen molar-refractivity contribution in [3.05, 3.63) is 112 Å². The maximum atomic E-state index is 13.1. The van der Waals surface area contributed by atoms with Crippen molar-refractivity contribution < 1.29 is 0 Å². The second kappa shape index (κ2) is 7.22. The van der Waals surface area contributed by atoms with Crippen LogP contribution in [0.25, 0.3) is 22.2 Å². The number of hydrogen-bond donors (Lipinski definition) is 0. The highest BCUT2D eigenvalue weighted by Crippen LogP contribution is 2.28. The van der Waals surface area contributed by atoms with Crippen LogP contribution in [0, 0.1) is 0 Å². The van der Waals surface area contributed by atoms with Crippen molar-refractivity contribution in [1.82, 2.24) is 14.3 Å². The number of para-hydroxylation sites is 1. The van der Waals surface area contributed by atoms with E-state index in [1.807, 2.05) is 66.9 Å². The molecule has 0 spiro atoms. The van der Waals surface area contributed by atoms with Crippen LogP contribution in [0.15, 0.2) is 89.9 Å². The van der Waals surface area contributed by atoms with E-state index in [4.69, 9.17) is 11.6 Å². The lowest BCUT2D eigenvalue weighted by molar-refractivity contribution is 0.670. The van der Waals surface area contributed by atoms with Crippen molar-refractivity contribution in [1.29, 1.82) is 0 Å². The Balaban J connectivity index is 1.67. The zero-order valence-corrected chi connectivity index (χ0v) is 16.4. The highest BCUT2D eigenvalue weighted by molar-refractivity contribution is 6.30. The molecule has 5 heteroatoms. The number of aromatic nitrogens is 3. The Bertz CT molecular complexity index is 1340. The minimum Gasteiger partial charge on any atom is -0.342 e. The molecule has 4 nitrogen and oxygen atoms in total. The van der Waals surface area contributed by atoms with Gasteiger partial charge in [0.25, 0.3) is 5.56 Å². The summed E-state index contributed by atoms with van der Waals surface area (Å²) in [6, 6.07) is 25.8. The van der Waals surface area contributed by atoms with Crippen LogP contribution in [-0.4, -0.2) is 14.3 Å². The zero-order chi connectivity index (χ0) is 19.8. The molecule has 29 heavy (non-hydrogen) atoms. The maximum absolute atomic E-state index is 13.1. The first-order chi connectivity index (χ1) is 14.2. The monoisotopic (exact) mass is 399 g/mol. The topological polar surface area (TPSA) is 39.8 Å². The number of halogens is 1. The highest BCUT2D eigenvalue weighted by atomic mass is 35.5. The van der Waals surface area contributed by atoms with Gasteiger partial charge in [-0.3, -0.25) is 4.79 Å². The molecule has 0 aromatic heterocycles. The summed E-state index contributed by atoms with van der Waals surface area (Å²) in [6.07, 6.45) is 1.93. The largest absolute Gasteiger partial charge is 0.342 e. The summed E-state index contributed by atoms with van der Waals surface area (Å²) in [5.74, 6) is 0. The Morgan fingerprint density at radius 3 is 2.41 bits per heavy atom. The van der Waals surface area contributed by atoms with Crippen LogP contribution in [0.5, 0.6) is 0 Å². The summed E-state index contributed by atoms with van der Waals surface area (Å²) in [4.78, 5) is 13.1. The van der Waals surface area contributed by atoms with Crippen LogP contribution in [0.4, 0.5) is 0 Å². The summed E-state index contributed by atoms with van der Waals surface area (Å²) in [5, 5.41) is 6.29. The van der Waals surface area contributed by atoms with E-state index in [0.29, 0.717) is 23.7 Å². The molecule has 0 amide bonds. The minimum absolute atomic E-state index is 0.0902. The summed E-state index contributed by atoms with van der Waals surface area (Å²) in [7, 11) is 0. The third kappa shape index (κ3) is 3.32. The molecule has 0 unspecified atom stereocenters. The van der Waals surface area contributed by atoms with Crippen LogP contribution in [0.3, 0.4) is 0 Å². The Kier molecular flexibility index (Phi) is 4.41. The first kappa shape index (κ1) is 17.7. The van der Waals surface area contributed by atoms with Gasteiger partial charge in [0.15, 0.2) is 0 Å². The standard InChI is InChI=1S/C24H18ClN3O/c25-19-10-6-9-18(13-19)15-28-24(29)21-16-27(14-17-7-2-1-3-8-17)22-12-5-4-11-20(22)23(21)26-28/h1-13,16H,14-15H2. The second-order valence-corrected chi connectivity index (χ2v) is 7.55. The number of benzene rings is 3. The second-order valence-electron chi connectivity index (χ2n) is 7.11. The smallest absolute Gasteiger partial charge is 0.278 e. The van der Waals surface area contributed by atoms with Crippen LogP contribution < -0.4 is 5.56 Å². The Morgan fingerprint density at radius 1 is 0.828 bits per heavy atom. The van der Waals surface area contributed by atoms with Gasteiger partial charge in [-0.25, -0.2) is 4.68 Å². The van der Waals surface area contributed by atoms with Crippen molar-refractivity contribution in [2.45, 2.75) is 13.1 Å². The van der Waals surface area contributed by atoms with Gasteiger partial charge < -0.3 is 4.57 Å². The van der Waals surface area contributed by atoms with Gasteiger partial charge in [0.2, 0.25) is 0 Å². The van der Waals surface area contributed by atoms with Gasteiger partial charge in [-0.05, 0) is 29.3 Å². The summed E-state index contributed by atoms with van der Waals surface area (Å²) < 4.78 is 3.65. The molecule has 0 saturated heterocycles. The van der Waals surface area contributed by atoms with Crippen molar-refractivity contribution in [2.24, 2.45) is 0 Å².